The molecule has 85 heavy (non-hydrogen) atoms. The average Bonchev–Trinajstić information content (AvgIpc) is 4.16. The summed E-state index contributed by atoms with van der Waals surface area (Å²) in [6.45, 7) is 10.6. The van der Waals surface area contributed by atoms with Crippen molar-refractivity contribution in [2.24, 2.45) is 0 Å². The lowest BCUT2D eigenvalue weighted by Crippen LogP contribution is -2.44. The van der Waals surface area contributed by atoms with Crippen LogP contribution < -0.4 is 15.5 Å². The maximum absolute atomic E-state index is 13.1. The van der Waals surface area contributed by atoms with Gasteiger partial charge in [0.1, 0.15) is 0 Å². The molecule has 4 fully saturated rings. The highest BCUT2D eigenvalue weighted by Gasteiger charge is 2.36. The standard InChI is InChI=1S/C33H40ClN7O.C20H23BrN6O.C14H19Cl/c1-4-33(25-9-11-26(34)12-10-25)17-22-40(23-18-33)29-6-5-19-41-30(29)36-32(37-41)35-27-13-7-24(8-14-27)31(42)39(3)28-15-20-38(2)21-16-28;1-25-12-9-16(10-13-25)26(2)19(28)14-5-7-15(8-6-14)22-20-23-18-17(21)4-3-11-27(18)24-20;1-2-14(10-4-3-5-11-14)12-6-8-13(15)9-7-12/h5-14,19,28H,4,15-18,20-23H2,1-3H3,(H,35,37);3-8,11,16H,9-10,12-13H2,1-2H3,(H,22,24);6-9H,2-5,10-11H2,1H3. The molecule has 18 heteroatoms. The minimum absolute atomic E-state index is 0.0656. The van der Waals surface area contributed by atoms with Gasteiger partial charge in [-0.3, -0.25) is 9.59 Å². The maximum atomic E-state index is 13.1. The van der Waals surface area contributed by atoms with E-state index in [9.17, 15) is 9.59 Å². The van der Waals surface area contributed by atoms with Crippen LogP contribution in [0.4, 0.5) is 29.0 Å². The number of amides is 2. The van der Waals surface area contributed by atoms with E-state index in [1.807, 2.05) is 132 Å². The molecule has 15 nitrogen and oxygen atoms in total. The average molecular weight is 1250 g/mol. The van der Waals surface area contributed by atoms with Gasteiger partial charge in [-0.1, -0.05) is 80.6 Å². The van der Waals surface area contributed by atoms with Gasteiger partial charge in [-0.2, -0.15) is 9.97 Å². The third kappa shape index (κ3) is 14.7. The fourth-order valence-electron chi connectivity index (χ4n) is 13.0. The summed E-state index contributed by atoms with van der Waals surface area (Å²) in [7, 11) is 8.09. The van der Waals surface area contributed by atoms with Gasteiger partial charge in [-0.15, -0.1) is 10.2 Å². The van der Waals surface area contributed by atoms with Gasteiger partial charge in [0.15, 0.2) is 11.3 Å². The van der Waals surface area contributed by atoms with E-state index in [-0.39, 0.29) is 17.2 Å². The quantitative estimate of drug-likeness (QED) is 0.114. The summed E-state index contributed by atoms with van der Waals surface area (Å²) in [5, 5.41) is 17.3. The number of aromatic nitrogens is 6. The van der Waals surface area contributed by atoms with Crippen LogP contribution in [0.1, 0.15) is 129 Å². The SMILES string of the molecule is CCC1(c2ccc(Cl)cc2)CCCCC1.CCC1(c2ccc(Cl)cc2)CCN(c2cccn3nc(Nc4ccc(C(=O)N(C)C5CCN(C)CC5)cc4)nc23)CC1.CN1CCC(N(C)C(=O)c2ccc(Nc3nc4c(Br)cccn4n3)cc2)CC1. The van der Waals surface area contributed by atoms with Crippen molar-refractivity contribution in [2.75, 3.05) is 83.0 Å². The summed E-state index contributed by atoms with van der Waals surface area (Å²) >= 11 is 15.6. The van der Waals surface area contributed by atoms with Crippen LogP contribution in [0, 0.1) is 0 Å². The Hall–Kier alpha value is -6.56. The molecule has 0 radical (unpaired) electrons. The van der Waals surface area contributed by atoms with Crippen LogP contribution in [0.15, 0.2) is 138 Å². The maximum Gasteiger partial charge on any atom is 0.253 e. The van der Waals surface area contributed by atoms with Crippen LogP contribution in [-0.2, 0) is 10.8 Å². The van der Waals surface area contributed by atoms with Gasteiger partial charge in [0, 0.05) is 84.2 Å². The van der Waals surface area contributed by atoms with E-state index in [0.717, 1.165) is 127 Å². The van der Waals surface area contributed by atoms with Gasteiger partial charge >= 0.3 is 0 Å². The van der Waals surface area contributed by atoms with Gasteiger partial charge < -0.3 is 35.1 Å². The second kappa shape index (κ2) is 27.9. The molecule has 0 spiro atoms. The molecular formula is C67H82BrCl2N13O2. The Morgan fingerprint density at radius 1 is 0.553 bits per heavy atom. The van der Waals surface area contributed by atoms with Crippen molar-refractivity contribution in [1.82, 2.24) is 48.8 Å². The van der Waals surface area contributed by atoms with Gasteiger partial charge in [-0.05, 0) is 239 Å². The highest BCUT2D eigenvalue weighted by Crippen LogP contribution is 2.43. The molecule has 448 valence electrons. The second-order valence-corrected chi connectivity index (χ2v) is 25.5. The molecule has 0 bridgehead atoms. The Bertz CT molecular complexity index is 3470. The number of halogens is 3. The Kier molecular flexibility index (Phi) is 20.2. The third-order valence-electron chi connectivity index (χ3n) is 18.7. The summed E-state index contributed by atoms with van der Waals surface area (Å²) in [4.78, 5) is 46.1. The minimum atomic E-state index is 0.0656. The van der Waals surface area contributed by atoms with Gasteiger partial charge in [0.05, 0.1) is 10.2 Å². The topological polar surface area (TPSA) is 135 Å². The number of hydrogen-bond donors (Lipinski definition) is 2. The first-order valence-corrected chi connectivity index (χ1v) is 32.0. The Morgan fingerprint density at radius 2 is 0.965 bits per heavy atom. The Balaban J connectivity index is 0.000000159. The lowest BCUT2D eigenvalue weighted by Gasteiger charge is -2.42. The lowest BCUT2D eigenvalue weighted by molar-refractivity contribution is 0.0652. The number of fused-ring (bicyclic) bond motifs is 2. The third-order valence-corrected chi connectivity index (χ3v) is 19.8. The van der Waals surface area contributed by atoms with Crippen LogP contribution in [0.2, 0.25) is 10.0 Å². The normalized spacial score (nSPS) is 17.5. The van der Waals surface area contributed by atoms with Crippen LogP contribution in [-0.4, -0.2) is 140 Å². The molecule has 1 aliphatic carbocycles. The number of pyridine rings is 2. The molecule has 2 N–H and O–H groups in total. The first-order valence-electron chi connectivity index (χ1n) is 30.4. The van der Waals surface area contributed by atoms with Crippen LogP contribution in [0.5, 0.6) is 0 Å². The molecular weight excluding hydrogens is 1170 g/mol. The summed E-state index contributed by atoms with van der Waals surface area (Å²) in [6, 6.07) is 40.6. The van der Waals surface area contributed by atoms with E-state index < -0.39 is 0 Å². The first-order chi connectivity index (χ1) is 41.1. The molecule has 2 amide bonds. The number of hydrogen-bond acceptors (Lipinski definition) is 11. The molecule has 8 aromatic rings. The second-order valence-electron chi connectivity index (χ2n) is 23.8. The molecule has 0 atom stereocenters. The monoisotopic (exact) mass is 1250 g/mol. The summed E-state index contributed by atoms with van der Waals surface area (Å²) in [5.41, 5.74) is 9.24. The van der Waals surface area contributed by atoms with Crippen molar-refractivity contribution < 1.29 is 9.59 Å². The van der Waals surface area contributed by atoms with Crippen LogP contribution in [0.25, 0.3) is 11.3 Å². The fourth-order valence-corrected chi connectivity index (χ4v) is 13.7. The number of benzene rings is 4. The van der Waals surface area contributed by atoms with Crippen molar-refractivity contribution >= 4 is 91.2 Å². The zero-order valence-corrected chi connectivity index (χ0v) is 53.3. The molecule has 4 aliphatic rings. The highest BCUT2D eigenvalue weighted by atomic mass is 79.9. The van der Waals surface area contributed by atoms with Gasteiger partial charge in [-0.25, -0.2) is 9.03 Å². The summed E-state index contributed by atoms with van der Waals surface area (Å²) < 4.78 is 4.43. The van der Waals surface area contributed by atoms with Crippen LogP contribution in [0.3, 0.4) is 0 Å². The predicted molar refractivity (Wildman–Crippen MR) is 350 cm³/mol. The van der Waals surface area contributed by atoms with E-state index in [2.05, 4.69) is 110 Å². The molecule has 4 aromatic carbocycles. The number of likely N-dealkylation sites (tertiary alicyclic amines) is 2. The molecule has 12 rings (SSSR count). The van der Waals surface area contributed by atoms with Gasteiger partial charge in [0.25, 0.3) is 11.8 Å². The fraction of sp³-hybridized carbons (Fsp3) is 0.433. The van der Waals surface area contributed by atoms with Crippen molar-refractivity contribution in [3.63, 3.8) is 0 Å². The van der Waals surface area contributed by atoms with E-state index in [1.54, 1.807) is 4.52 Å². The molecule has 3 saturated heterocycles. The number of rotatable bonds is 13. The first kappa shape index (κ1) is 61.5. The molecule has 4 aromatic heterocycles. The largest absolute Gasteiger partial charge is 0.368 e. The molecule has 0 unspecified atom stereocenters. The number of nitrogens with one attached hydrogen (secondary N) is 2. The van der Waals surface area contributed by atoms with Crippen molar-refractivity contribution in [3.05, 3.63) is 170 Å². The number of piperidine rings is 3. The summed E-state index contributed by atoms with van der Waals surface area (Å²) in [6.07, 6.45) is 19.2. The predicted octanol–water partition coefficient (Wildman–Crippen LogP) is 14.6. The molecule has 3 aliphatic heterocycles. The summed E-state index contributed by atoms with van der Waals surface area (Å²) in [5.74, 6) is 1.17. The smallest absolute Gasteiger partial charge is 0.253 e. The molecule has 7 heterocycles. The molecule has 1 saturated carbocycles. The van der Waals surface area contributed by atoms with Crippen molar-refractivity contribution in [3.8, 4) is 0 Å². The number of carbonyl (C=O) groups is 2. The van der Waals surface area contributed by atoms with E-state index in [4.69, 9.17) is 33.3 Å². The Morgan fingerprint density at radius 3 is 1.40 bits per heavy atom. The van der Waals surface area contributed by atoms with Crippen molar-refractivity contribution in [2.45, 2.75) is 120 Å². The van der Waals surface area contributed by atoms with Gasteiger partial charge in [0.2, 0.25) is 11.9 Å². The van der Waals surface area contributed by atoms with E-state index in [0.29, 0.717) is 40.5 Å². The number of nitrogens with zero attached hydrogens (tertiary/aromatic N) is 11. The van der Waals surface area contributed by atoms with Crippen molar-refractivity contribution in [1.29, 1.82) is 0 Å². The number of carbonyl (C=O) groups excluding carboxylic acids is 2. The minimum Gasteiger partial charge on any atom is -0.368 e. The number of anilines is 5. The zero-order chi connectivity index (χ0) is 59.7. The van der Waals surface area contributed by atoms with E-state index >= 15 is 0 Å². The van der Waals surface area contributed by atoms with E-state index in [1.165, 1.54) is 49.7 Å². The van der Waals surface area contributed by atoms with Crippen LogP contribution >= 0.6 is 39.1 Å². The zero-order valence-electron chi connectivity index (χ0n) is 50.2. The highest BCUT2D eigenvalue weighted by molar-refractivity contribution is 9.10. The Labute approximate surface area is 520 Å². The lowest BCUT2D eigenvalue weighted by atomic mass is 9.68.